The summed E-state index contributed by atoms with van der Waals surface area (Å²) in [6.07, 6.45) is 10.4. The molecule has 0 aliphatic rings. The third-order valence-corrected chi connectivity index (χ3v) is 5.77. The number of unbranched alkanes of at least 4 members (excludes halogenated alkanes) is 7. The monoisotopic (exact) mass is 368 g/mol. The van der Waals surface area contributed by atoms with Gasteiger partial charge < -0.3 is 18.3 Å². The molecular formula is C20H36O4Si. The summed E-state index contributed by atoms with van der Waals surface area (Å²) in [5.41, 5.74) is 0. The fourth-order valence-corrected chi connectivity index (χ4v) is 4.13. The van der Waals surface area contributed by atoms with Gasteiger partial charge in [0, 0.05) is 6.61 Å². The van der Waals surface area contributed by atoms with E-state index in [1.54, 1.807) is 14.2 Å². The van der Waals surface area contributed by atoms with E-state index in [1.807, 2.05) is 18.2 Å². The molecule has 144 valence electrons. The van der Waals surface area contributed by atoms with E-state index in [-0.39, 0.29) is 0 Å². The quantitative estimate of drug-likeness (QED) is 0.301. The molecule has 0 radical (unpaired) electrons. The van der Waals surface area contributed by atoms with E-state index >= 15 is 0 Å². The van der Waals surface area contributed by atoms with Gasteiger partial charge in [0.15, 0.2) is 17.2 Å². The van der Waals surface area contributed by atoms with Crippen LogP contribution in [0, 0.1) is 0 Å². The number of hydrogen-bond acceptors (Lipinski definition) is 4. The standard InChI is InChI=1S/C20H36O4Si/c1-6-7-8-9-10-11-12-13-17-23-25(4,5)24-20-18(21-2)15-14-16-19(20)22-3/h14-16H,6-13,17H2,1-5H3. The fourth-order valence-electron chi connectivity index (χ4n) is 2.75. The number of hydrogen-bond donors (Lipinski definition) is 0. The third-order valence-electron chi connectivity index (χ3n) is 4.18. The molecular weight excluding hydrogens is 332 g/mol. The van der Waals surface area contributed by atoms with Crippen LogP contribution in [0.25, 0.3) is 0 Å². The summed E-state index contributed by atoms with van der Waals surface area (Å²) in [5.74, 6) is 1.99. The molecule has 1 aromatic carbocycles. The van der Waals surface area contributed by atoms with Gasteiger partial charge in [0.05, 0.1) is 14.2 Å². The maximum absolute atomic E-state index is 6.18. The Labute approximate surface area is 155 Å². The van der Waals surface area contributed by atoms with Crippen molar-refractivity contribution in [3.05, 3.63) is 18.2 Å². The van der Waals surface area contributed by atoms with Crippen LogP contribution >= 0.6 is 0 Å². The number of rotatable bonds is 14. The smallest absolute Gasteiger partial charge is 0.392 e. The first-order valence-corrected chi connectivity index (χ1v) is 12.4. The Hall–Kier alpha value is -1.20. The average Bonchev–Trinajstić information content (AvgIpc) is 2.60. The Balaban J connectivity index is 2.34. The highest BCUT2D eigenvalue weighted by Gasteiger charge is 2.29. The lowest BCUT2D eigenvalue weighted by Gasteiger charge is -2.26. The summed E-state index contributed by atoms with van der Waals surface area (Å²) in [6.45, 7) is 7.13. The zero-order valence-electron chi connectivity index (χ0n) is 16.7. The Morgan fingerprint density at radius 2 is 1.32 bits per heavy atom. The number of benzene rings is 1. The molecule has 4 nitrogen and oxygen atoms in total. The van der Waals surface area contributed by atoms with E-state index in [0.29, 0.717) is 17.2 Å². The minimum absolute atomic E-state index is 0.639. The van der Waals surface area contributed by atoms with Gasteiger partial charge in [0.1, 0.15) is 0 Å². The van der Waals surface area contributed by atoms with Crippen molar-refractivity contribution in [1.29, 1.82) is 0 Å². The summed E-state index contributed by atoms with van der Waals surface area (Å²) < 4.78 is 23.1. The second-order valence-electron chi connectivity index (χ2n) is 6.82. The molecule has 0 unspecified atom stereocenters. The number of para-hydroxylation sites is 1. The van der Waals surface area contributed by atoms with Gasteiger partial charge in [-0.3, -0.25) is 0 Å². The van der Waals surface area contributed by atoms with Crippen LogP contribution in [0.4, 0.5) is 0 Å². The van der Waals surface area contributed by atoms with Gasteiger partial charge in [-0.25, -0.2) is 0 Å². The molecule has 0 fully saturated rings. The average molecular weight is 369 g/mol. The van der Waals surface area contributed by atoms with Crippen molar-refractivity contribution in [3.8, 4) is 17.2 Å². The summed E-state index contributed by atoms with van der Waals surface area (Å²) in [4.78, 5) is 0. The van der Waals surface area contributed by atoms with Crippen LogP contribution in [0.5, 0.6) is 17.2 Å². The molecule has 0 heterocycles. The predicted molar refractivity (Wildman–Crippen MR) is 106 cm³/mol. The lowest BCUT2D eigenvalue weighted by Crippen LogP contribution is -2.38. The zero-order valence-corrected chi connectivity index (χ0v) is 17.7. The Morgan fingerprint density at radius 1 is 0.800 bits per heavy atom. The topological polar surface area (TPSA) is 36.9 Å². The first-order chi connectivity index (χ1) is 12.0. The Bertz CT molecular complexity index is 455. The summed E-state index contributed by atoms with van der Waals surface area (Å²) in [6, 6.07) is 5.64. The van der Waals surface area contributed by atoms with E-state index in [2.05, 4.69) is 20.0 Å². The van der Waals surface area contributed by atoms with E-state index in [0.717, 1.165) is 13.0 Å². The summed E-state index contributed by atoms with van der Waals surface area (Å²) in [7, 11) is 0.987. The van der Waals surface area contributed by atoms with Crippen molar-refractivity contribution in [2.24, 2.45) is 0 Å². The van der Waals surface area contributed by atoms with Crippen LogP contribution < -0.4 is 13.9 Å². The molecule has 0 aromatic heterocycles. The van der Waals surface area contributed by atoms with Crippen molar-refractivity contribution >= 4 is 8.56 Å². The van der Waals surface area contributed by atoms with Crippen molar-refractivity contribution in [2.45, 2.75) is 71.4 Å². The summed E-state index contributed by atoms with van der Waals surface area (Å²) in [5, 5.41) is 0. The van der Waals surface area contributed by atoms with E-state index in [4.69, 9.17) is 18.3 Å². The molecule has 1 aromatic rings. The summed E-state index contributed by atoms with van der Waals surface area (Å²) >= 11 is 0. The molecule has 0 amide bonds. The van der Waals surface area contributed by atoms with Gasteiger partial charge in [0.25, 0.3) is 0 Å². The number of ether oxygens (including phenoxy) is 2. The van der Waals surface area contributed by atoms with Gasteiger partial charge in [0.2, 0.25) is 0 Å². The third kappa shape index (κ3) is 8.63. The molecule has 0 N–H and O–H groups in total. The molecule has 0 atom stereocenters. The first kappa shape index (κ1) is 21.8. The SMILES string of the molecule is CCCCCCCCCCO[Si](C)(C)Oc1c(OC)cccc1OC. The van der Waals surface area contributed by atoms with Crippen LogP contribution in [0.15, 0.2) is 18.2 Å². The van der Waals surface area contributed by atoms with E-state index in [1.165, 1.54) is 44.9 Å². The Kier molecular flexibility index (Phi) is 10.7. The van der Waals surface area contributed by atoms with Gasteiger partial charge in [-0.05, 0) is 31.6 Å². The maximum atomic E-state index is 6.18. The van der Waals surface area contributed by atoms with Gasteiger partial charge in [-0.2, -0.15) is 0 Å². The zero-order chi connectivity index (χ0) is 18.5. The van der Waals surface area contributed by atoms with Crippen LogP contribution in [0.2, 0.25) is 13.1 Å². The van der Waals surface area contributed by atoms with E-state index < -0.39 is 8.56 Å². The van der Waals surface area contributed by atoms with Gasteiger partial charge >= 0.3 is 8.56 Å². The molecule has 1 rings (SSSR count). The van der Waals surface area contributed by atoms with Crippen molar-refractivity contribution in [2.75, 3.05) is 20.8 Å². The van der Waals surface area contributed by atoms with Crippen LogP contribution in [0.3, 0.4) is 0 Å². The van der Waals surface area contributed by atoms with Gasteiger partial charge in [-0.1, -0.05) is 57.9 Å². The maximum Gasteiger partial charge on any atom is 0.392 e. The highest BCUT2D eigenvalue weighted by molar-refractivity contribution is 6.65. The number of methoxy groups -OCH3 is 2. The fraction of sp³-hybridized carbons (Fsp3) is 0.700. The minimum atomic E-state index is -2.29. The molecule has 0 bridgehead atoms. The van der Waals surface area contributed by atoms with Crippen molar-refractivity contribution in [1.82, 2.24) is 0 Å². The second kappa shape index (κ2) is 12.2. The molecule has 5 heteroatoms. The largest absolute Gasteiger partial charge is 0.515 e. The van der Waals surface area contributed by atoms with Crippen molar-refractivity contribution < 1.29 is 18.3 Å². The highest BCUT2D eigenvalue weighted by Crippen LogP contribution is 2.38. The van der Waals surface area contributed by atoms with E-state index in [9.17, 15) is 0 Å². The minimum Gasteiger partial charge on any atom is -0.515 e. The molecule has 25 heavy (non-hydrogen) atoms. The van der Waals surface area contributed by atoms with Crippen LogP contribution in [-0.4, -0.2) is 29.4 Å². The molecule has 0 saturated carbocycles. The molecule has 0 spiro atoms. The predicted octanol–water partition coefficient (Wildman–Crippen LogP) is 5.94. The molecule has 0 aliphatic carbocycles. The Morgan fingerprint density at radius 3 is 1.84 bits per heavy atom. The second-order valence-corrected chi connectivity index (χ2v) is 10.1. The highest BCUT2D eigenvalue weighted by atomic mass is 28.4. The molecule has 0 saturated heterocycles. The lowest BCUT2D eigenvalue weighted by atomic mass is 10.1. The lowest BCUT2D eigenvalue weighted by molar-refractivity contribution is 0.233. The first-order valence-electron chi connectivity index (χ1n) is 9.58. The van der Waals surface area contributed by atoms with Crippen molar-refractivity contribution in [3.63, 3.8) is 0 Å². The van der Waals surface area contributed by atoms with Crippen LogP contribution in [0.1, 0.15) is 58.3 Å². The normalized spacial score (nSPS) is 11.4. The molecule has 0 aliphatic heterocycles. The van der Waals surface area contributed by atoms with Gasteiger partial charge in [-0.15, -0.1) is 0 Å². The van der Waals surface area contributed by atoms with Crippen LogP contribution in [-0.2, 0) is 4.43 Å².